The van der Waals surface area contributed by atoms with Crippen LogP contribution >= 0.6 is 12.4 Å². The van der Waals surface area contributed by atoms with Crippen molar-refractivity contribution in [2.24, 2.45) is 0 Å². The highest BCUT2D eigenvalue weighted by Gasteiger charge is 2.36. The van der Waals surface area contributed by atoms with Crippen LogP contribution in [-0.4, -0.2) is 64.0 Å². The van der Waals surface area contributed by atoms with E-state index in [2.05, 4.69) is 20.6 Å². The van der Waals surface area contributed by atoms with Gasteiger partial charge in [-0.3, -0.25) is 0 Å². The lowest BCUT2D eigenvalue weighted by molar-refractivity contribution is -0.137. The maximum atomic E-state index is 13.3. The number of hydrogen-bond acceptors (Lipinski definition) is 7. The Bertz CT molecular complexity index is 939. The fraction of sp³-hybridized carbons (Fsp3) is 0.412. The highest BCUT2D eigenvalue weighted by Crippen LogP contribution is 2.35. The first-order valence-corrected chi connectivity index (χ1v) is 10.0. The van der Waals surface area contributed by atoms with Crippen LogP contribution in [0.5, 0.6) is 0 Å². The van der Waals surface area contributed by atoms with Gasteiger partial charge >= 0.3 is 6.18 Å². The van der Waals surface area contributed by atoms with E-state index in [-0.39, 0.29) is 29.1 Å². The molecule has 8 nitrogen and oxygen atoms in total. The third-order valence-electron chi connectivity index (χ3n) is 4.02. The van der Waals surface area contributed by atoms with Gasteiger partial charge < -0.3 is 15.5 Å². The van der Waals surface area contributed by atoms with E-state index in [4.69, 9.17) is 0 Å². The van der Waals surface area contributed by atoms with E-state index in [0.29, 0.717) is 18.8 Å². The third-order valence-corrected chi connectivity index (χ3v) is 5.85. The summed E-state index contributed by atoms with van der Waals surface area (Å²) in [5, 5.41) is 5.67. The van der Waals surface area contributed by atoms with Crippen molar-refractivity contribution in [3.8, 4) is 0 Å². The van der Waals surface area contributed by atoms with Crippen LogP contribution in [0, 0.1) is 0 Å². The molecule has 2 aromatic rings. The molecule has 0 fully saturated rings. The van der Waals surface area contributed by atoms with Crippen LogP contribution in [0.4, 0.5) is 30.6 Å². The number of alkyl halides is 3. The van der Waals surface area contributed by atoms with Gasteiger partial charge in [0.1, 0.15) is 11.4 Å². The van der Waals surface area contributed by atoms with Crippen LogP contribution in [0.1, 0.15) is 5.56 Å². The molecule has 0 amide bonds. The molecule has 0 aliphatic rings. The fourth-order valence-corrected chi connectivity index (χ4v) is 3.26. The first-order chi connectivity index (χ1) is 13.5. The Hall–Kier alpha value is -2.15. The summed E-state index contributed by atoms with van der Waals surface area (Å²) in [4.78, 5) is 9.25. The van der Waals surface area contributed by atoms with Crippen molar-refractivity contribution in [3.63, 3.8) is 0 Å². The van der Waals surface area contributed by atoms with Gasteiger partial charge in [-0.05, 0) is 31.3 Å². The van der Waals surface area contributed by atoms with Crippen LogP contribution in [0.15, 0.2) is 35.4 Å². The number of benzene rings is 1. The Labute approximate surface area is 180 Å². The zero-order valence-electron chi connectivity index (χ0n) is 16.9. The van der Waals surface area contributed by atoms with E-state index in [0.717, 1.165) is 10.5 Å². The van der Waals surface area contributed by atoms with E-state index >= 15 is 0 Å². The molecule has 0 aliphatic heterocycles. The summed E-state index contributed by atoms with van der Waals surface area (Å²) in [6.45, 7) is 0.787. The summed E-state index contributed by atoms with van der Waals surface area (Å²) >= 11 is 0. The van der Waals surface area contributed by atoms with Crippen molar-refractivity contribution in [3.05, 3.63) is 36.0 Å². The summed E-state index contributed by atoms with van der Waals surface area (Å²) in [5.41, 5.74) is -0.500. The highest BCUT2D eigenvalue weighted by atomic mass is 35.5. The molecule has 0 bridgehead atoms. The minimum atomic E-state index is -4.59. The molecular formula is C17H24ClF3N6O2S. The Morgan fingerprint density at radius 2 is 1.70 bits per heavy atom. The highest BCUT2D eigenvalue weighted by molar-refractivity contribution is 7.89. The Morgan fingerprint density at radius 1 is 1.10 bits per heavy atom. The molecule has 0 unspecified atom stereocenters. The number of aromatic nitrogens is 2. The van der Waals surface area contributed by atoms with Gasteiger partial charge in [0.25, 0.3) is 0 Å². The second kappa shape index (κ2) is 10.2. The number of sulfonamides is 1. The lowest BCUT2D eigenvalue weighted by Gasteiger charge is -2.22. The number of nitrogens with zero attached hydrogens (tertiary/aromatic N) is 4. The summed E-state index contributed by atoms with van der Waals surface area (Å²) in [7, 11) is 2.48. The zero-order chi connectivity index (χ0) is 21.8. The molecule has 1 aromatic heterocycles. The average Bonchev–Trinajstić information content (AvgIpc) is 2.65. The molecule has 2 rings (SSSR count). The van der Waals surface area contributed by atoms with E-state index < -0.39 is 21.8 Å². The van der Waals surface area contributed by atoms with Crippen molar-refractivity contribution >= 4 is 39.9 Å². The van der Waals surface area contributed by atoms with Crippen molar-refractivity contribution in [1.82, 2.24) is 19.6 Å². The summed E-state index contributed by atoms with van der Waals surface area (Å²) in [6.07, 6.45) is -3.87. The van der Waals surface area contributed by atoms with E-state index in [1.165, 1.54) is 50.3 Å². The van der Waals surface area contributed by atoms with Gasteiger partial charge in [-0.2, -0.15) is 18.2 Å². The molecule has 30 heavy (non-hydrogen) atoms. The van der Waals surface area contributed by atoms with Gasteiger partial charge in [0, 0.05) is 46.1 Å². The van der Waals surface area contributed by atoms with Crippen LogP contribution in [0.2, 0.25) is 0 Å². The van der Waals surface area contributed by atoms with Gasteiger partial charge in [-0.15, -0.1) is 12.4 Å². The predicted octanol–water partition coefficient (Wildman–Crippen LogP) is 2.57. The van der Waals surface area contributed by atoms with Gasteiger partial charge in [0.05, 0.1) is 4.90 Å². The monoisotopic (exact) mass is 468 g/mol. The molecule has 0 saturated carbocycles. The summed E-state index contributed by atoms with van der Waals surface area (Å²) in [5.74, 6) is -0.287. The van der Waals surface area contributed by atoms with Crippen molar-refractivity contribution in [1.29, 1.82) is 0 Å². The molecule has 0 radical (unpaired) electrons. The number of halogens is 4. The van der Waals surface area contributed by atoms with Crippen LogP contribution in [0.25, 0.3) is 0 Å². The molecule has 0 spiro atoms. The largest absolute Gasteiger partial charge is 0.421 e. The SMILES string of the molecule is CNCCN(C)c1nc(Nc2ccc(S(=O)(=O)N(C)C)cc2)ncc1C(F)(F)F.Cl. The van der Waals surface area contributed by atoms with Crippen LogP contribution in [0.3, 0.4) is 0 Å². The summed E-state index contributed by atoms with van der Waals surface area (Å²) < 4.78 is 65.2. The van der Waals surface area contributed by atoms with Gasteiger partial charge in [0.2, 0.25) is 16.0 Å². The quantitative estimate of drug-likeness (QED) is 0.615. The Morgan fingerprint density at radius 3 is 2.20 bits per heavy atom. The van der Waals surface area contributed by atoms with E-state index in [1.807, 2.05) is 0 Å². The number of nitrogens with one attached hydrogen (secondary N) is 2. The Balaban J connectivity index is 0.00000450. The lowest BCUT2D eigenvalue weighted by Crippen LogP contribution is -2.30. The average molecular weight is 469 g/mol. The molecule has 1 aromatic carbocycles. The van der Waals surface area contributed by atoms with Crippen molar-refractivity contribution in [2.75, 3.05) is 51.5 Å². The van der Waals surface area contributed by atoms with Gasteiger partial charge in [0.15, 0.2) is 0 Å². The topological polar surface area (TPSA) is 90.5 Å². The van der Waals surface area contributed by atoms with Crippen molar-refractivity contribution < 1.29 is 21.6 Å². The zero-order valence-corrected chi connectivity index (χ0v) is 18.5. The molecule has 13 heteroatoms. The minimum Gasteiger partial charge on any atom is -0.358 e. The van der Waals surface area contributed by atoms with Crippen molar-refractivity contribution in [2.45, 2.75) is 11.1 Å². The van der Waals surface area contributed by atoms with Crippen LogP contribution < -0.4 is 15.5 Å². The smallest absolute Gasteiger partial charge is 0.358 e. The number of hydrogen-bond donors (Lipinski definition) is 2. The van der Waals surface area contributed by atoms with Gasteiger partial charge in [-0.25, -0.2) is 17.7 Å². The minimum absolute atomic E-state index is 0. The molecular weight excluding hydrogens is 445 g/mol. The third kappa shape index (κ3) is 6.17. The van der Waals surface area contributed by atoms with Crippen LogP contribution in [-0.2, 0) is 16.2 Å². The maximum absolute atomic E-state index is 13.3. The first-order valence-electron chi connectivity index (χ1n) is 8.56. The van der Waals surface area contributed by atoms with E-state index in [1.54, 1.807) is 7.05 Å². The number of rotatable bonds is 8. The lowest BCUT2D eigenvalue weighted by atomic mass is 10.2. The molecule has 0 saturated heterocycles. The predicted molar refractivity (Wildman–Crippen MR) is 112 cm³/mol. The second-order valence-electron chi connectivity index (χ2n) is 6.39. The standard InChI is InChI=1S/C17H23F3N6O2S.ClH/c1-21-9-10-26(4)15-14(17(18,19)20)11-22-16(24-15)23-12-5-7-13(8-6-12)29(27,28)25(2)3;/h5-8,11,21H,9-10H2,1-4H3,(H,22,23,24);1H. The first kappa shape index (κ1) is 25.9. The maximum Gasteiger partial charge on any atom is 0.421 e. The molecule has 0 atom stereocenters. The number of likely N-dealkylation sites (N-methyl/N-ethyl adjacent to an activating group) is 2. The fourth-order valence-electron chi connectivity index (χ4n) is 2.36. The summed E-state index contributed by atoms with van der Waals surface area (Å²) in [6, 6.07) is 5.76. The van der Waals surface area contributed by atoms with Gasteiger partial charge in [-0.1, -0.05) is 0 Å². The molecule has 0 aliphatic carbocycles. The second-order valence-corrected chi connectivity index (χ2v) is 8.54. The Kier molecular flexibility index (Phi) is 8.84. The normalized spacial score (nSPS) is 11.9. The molecule has 2 N–H and O–H groups in total. The number of anilines is 3. The molecule has 168 valence electrons. The van der Waals surface area contributed by atoms with E-state index in [9.17, 15) is 21.6 Å². The molecule has 1 heterocycles.